The molecule has 1 aromatic heterocycles. The Bertz CT molecular complexity index is 499. The highest BCUT2D eigenvalue weighted by molar-refractivity contribution is 5.30. The number of nitrogens with zero attached hydrogens (tertiary/aromatic N) is 2. The van der Waals surface area contributed by atoms with Crippen molar-refractivity contribution in [3.8, 4) is 0 Å². The normalized spacial score (nSPS) is 19.4. The van der Waals surface area contributed by atoms with E-state index in [1.165, 1.54) is 23.2 Å². The van der Waals surface area contributed by atoms with Gasteiger partial charge in [0.2, 0.25) is 0 Å². The second-order valence-electron chi connectivity index (χ2n) is 4.63. The minimum absolute atomic E-state index is 0.655. The Kier molecular flexibility index (Phi) is 2.28. The van der Waals surface area contributed by atoms with E-state index >= 15 is 0 Å². The fourth-order valence-corrected chi connectivity index (χ4v) is 2.67. The van der Waals surface area contributed by atoms with Crippen molar-refractivity contribution in [1.82, 2.24) is 9.55 Å². The van der Waals surface area contributed by atoms with Gasteiger partial charge in [-0.25, -0.2) is 4.98 Å². The van der Waals surface area contributed by atoms with E-state index in [-0.39, 0.29) is 0 Å². The van der Waals surface area contributed by atoms with Crippen molar-refractivity contribution < 1.29 is 0 Å². The lowest BCUT2D eigenvalue weighted by atomic mass is 9.88. The summed E-state index contributed by atoms with van der Waals surface area (Å²) in [5, 5.41) is 0. The van der Waals surface area contributed by atoms with Gasteiger partial charge in [0.25, 0.3) is 0 Å². The summed E-state index contributed by atoms with van der Waals surface area (Å²) in [4.78, 5) is 4.22. The van der Waals surface area contributed by atoms with Gasteiger partial charge < -0.3 is 4.57 Å². The Morgan fingerprint density at radius 1 is 1.31 bits per heavy atom. The van der Waals surface area contributed by atoms with E-state index in [9.17, 15) is 0 Å². The summed E-state index contributed by atoms with van der Waals surface area (Å²) in [6.45, 7) is 3.29. The standard InChI is InChI=1S/C14H16N2/c1-11-4-2-3-5-14(11)12-6-7-13-8-15-10-16(13)9-12/h2-5,8,10,12H,6-7,9H2,1H3. The van der Waals surface area contributed by atoms with Crippen LogP contribution in [0, 0.1) is 6.92 Å². The molecule has 0 fully saturated rings. The van der Waals surface area contributed by atoms with Gasteiger partial charge in [0.1, 0.15) is 0 Å². The second-order valence-corrected chi connectivity index (χ2v) is 4.63. The van der Waals surface area contributed by atoms with E-state index in [2.05, 4.69) is 40.7 Å². The zero-order valence-corrected chi connectivity index (χ0v) is 9.56. The molecule has 2 aromatic rings. The second kappa shape index (κ2) is 3.78. The molecule has 0 saturated carbocycles. The maximum Gasteiger partial charge on any atom is 0.0948 e. The maximum atomic E-state index is 4.22. The Hall–Kier alpha value is -1.57. The van der Waals surface area contributed by atoms with Gasteiger partial charge in [0.15, 0.2) is 0 Å². The quantitative estimate of drug-likeness (QED) is 0.710. The Morgan fingerprint density at radius 2 is 2.19 bits per heavy atom. The van der Waals surface area contributed by atoms with E-state index in [4.69, 9.17) is 0 Å². The first kappa shape index (κ1) is 9.64. The van der Waals surface area contributed by atoms with Crippen LogP contribution in [0.25, 0.3) is 0 Å². The third-order valence-corrected chi connectivity index (χ3v) is 3.59. The Morgan fingerprint density at radius 3 is 3.06 bits per heavy atom. The van der Waals surface area contributed by atoms with Crippen LogP contribution < -0.4 is 0 Å². The molecule has 1 aliphatic rings. The fourth-order valence-electron chi connectivity index (χ4n) is 2.67. The van der Waals surface area contributed by atoms with Crippen LogP contribution in [0.2, 0.25) is 0 Å². The van der Waals surface area contributed by atoms with Gasteiger partial charge in [-0.1, -0.05) is 24.3 Å². The lowest BCUT2D eigenvalue weighted by molar-refractivity contribution is 0.462. The first-order valence-corrected chi connectivity index (χ1v) is 5.89. The molecule has 0 bridgehead atoms. The molecule has 1 aliphatic heterocycles. The highest BCUT2D eigenvalue weighted by atomic mass is 15.1. The molecule has 0 N–H and O–H groups in total. The van der Waals surface area contributed by atoms with Crippen LogP contribution in [-0.2, 0) is 13.0 Å². The maximum absolute atomic E-state index is 4.22. The van der Waals surface area contributed by atoms with Crippen molar-refractivity contribution in [2.75, 3.05) is 0 Å². The Labute approximate surface area is 95.9 Å². The fraction of sp³-hybridized carbons (Fsp3) is 0.357. The van der Waals surface area contributed by atoms with Crippen LogP contribution in [0.15, 0.2) is 36.8 Å². The first-order valence-electron chi connectivity index (χ1n) is 5.89. The van der Waals surface area contributed by atoms with E-state index in [1.54, 1.807) is 0 Å². The number of aryl methyl sites for hydroxylation is 2. The summed E-state index contributed by atoms with van der Waals surface area (Å²) in [7, 11) is 0. The van der Waals surface area contributed by atoms with E-state index in [0.717, 1.165) is 13.0 Å². The van der Waals surface area contributed by atoms with Crippen molar-refractivity contribution in [2.45, 2.75) is 32.2 Å². The van der Waals surface area contributed by atoms with Crippen molar-refractivity contribution >= 4 is 0 Å². The molecule has 3 rings (SSSR count). The zero-order valence-electron chi connectivity index (χ0n) is 9.56. The summed E-state index contributed by atoms with van der Waals surface area (Å²) in [6.07, 6.45) is 6.35. The molecule has 0 spiro atoms. The molecule has 0 amide bonds. The van der Waals surface area contributed by atoms with Gasteiger partial charge in [0, 0.05) is 24.4 Å². The molecular formula is C14H16N2. The minimum Gasteiger partial charge on any atom is -0.334 e. The van der Waals surface area contributed by atoms with Gasteiger partial charge in [-0.2, -0.15) is 0 Å². The van der Waals surface area contributed by atoms with Crippen LogP contribution in [-0.4, -0.2) is 9.55 Å². The number of hydrogen-bond donors (Lipinski definition) is 0. The highest BCUT2D eigenvalue weighted by Gasteiger charge is 2.20. The molecule has 1 aromatic carbocycles. The minimum atomic E-state index is 0.655. The monoisotopic (exact) mass is 212 g/mol. The number of hydrogen-bond acceptors (Lipinski definition) is 1. The van der Waals surface area contributed by atoms with Gasteiger partial charge >= 0.3 is 0 Å². The zero-order chi connectivity index (χ0) is 11.0. The van der Waals surface area contributed by atoms with Gasteiger partial charge in [-0.05, 0) is 30.9 Å². The predicted octanol–water partition coefficient (Wildman–Crippen LogP) is 2.92. The number of imidazole rings is 1. The lowest BCUT2D eigenvalue weighted by Crippen LogP contribution is -2.18. The molecule has 2 heteroatoms. The third kappa shape index (κ3) is 1.54. The lowest BCUT2D eigenvalue weighted by Gasteiger charge is -2.25. The van der Waals surface area contributed by atoms with Gasteiger partial charge in [-0.15, -0.1) is 0 Å². The SMILES string of the molecule is Cc1ccccc1C1CCc2cncn2C1. The molecule has 2 heterocycles. The van der Waals surface area contributed by atoms with Crippen molar-refractivity contribution in [3.05, 3.63) is 53.6 Å². The third-order valence-electron chi connectivity index (χ3n) is 3.59. The van der Waals surface area contributed by atoms with Crippen LogP contribution in [0.5, 0.6) is 0 Å². The first-order chi connectivity index (χ1) is 7.84. The van der Waals surface area contributed by atoms with Crippen molar-refractivity contribution in [1.29, 1.82) is 0 Å². The van der Waals surface area contributed by atoms with Crippen LogP contribution in [0.4, 0.5) is 0 Å². The van der Waals surface area contributed by atoms with E-state index in [0.29, 0.717) is 5.92 Å². The molecule has 0 aliphatic carbocycles. The number of aromatic nitrogens is 2. The highest BCUT2D eigenvalue weighted by Crippen LogP contribution is 2.30. The number of rotatable bonds is 1. The average molecular weight is 212 g/mol. The smallest absolute Gasteiger partial charge is 0.0948 e. The number of benzene rings is 1. The molecular weight excluding hydrogens is 196 g/mol. The van der Waals surface area contributed by atoms with Crippen molar-refractivity contribution in [3.63, 3.8) is 0 Å². The van der Waals surface area contributed by atoms with Crippen molar-refractivity contribution in [2.24, 2.45) is 0 Å². The summed E-state index contributed by atoms with van der Waals surface area (Å²) in [5.41, 5.74) is 4.29. The van der Waals surface area contributed by atoms with E-state index < -0.39 is 0 Å². The topological polar surface area (TPSA) is 17.8 Å². The molecule has 2 nitrogen and oxygen atoms in total. The van der Waals surface area contributed by atoms with Crippen LogP contribution in [0.1, 0.15) is 29.2 Å². The summed E-state index contributed by atoms with van der Waals surface area (Å²) >= 11 is 0. The summed E-state index contributed by atoms with van der Waals surface area (Å²) in [6, 6.07) is 8.73. The largest absolute Gasteiger partial charge is 0.334 e. The summed E-state index contributed by atoms with van der Waals surface area (Å²) in [5.74, 6) is 0.655. The molecule has 1 unspecified atom stereocenters. The molecule has 1 atom stereocenters. The summed E-state index contributed by atoms with van der Waals surface area (Å²) < 4.78 is 2.29. The number of fused-ring (bicyclic) bond motifs is 1. The average Bonchev–Trinajstić information content (AvgIpc) is 2.76. The van der Waals surface area contributed by atoms with Gasteiger partial charge in [0.05, 0.1) is 6.33 Å². The van der Waals surface area contributed by atoms with Crippen LogP contribution >= 0.6 is 0 Å². The van der Waals surface area contributed by atoms with Crippen LogP contribution in [0.3, 0.4) is 0 Å². The molecule has 0 saturated heterocycles. The molecule has 82 valence electrons. The predicted molar refractivity (Wildman–Crippen MR) is 64.5 cm³/mol. The Balaban J connectivity index is 1.92. The molecule has 16 heavy (non-hydrogen) atoms. The van der Waals surface area contributed by atoms with Gasteiger partial charge in [-0.3, -0.25) is 0 Å². The molecule has 0 radical (unpaired) electrons. The van der Waals surface area contributed by atoms with E-state index in [1.807, 2.05) is 12.5 Å².